The number of benzene rings is 3. The predicted octanol–water partition coefficient (Wildman–Crippen LogP) is 4.21. The van der Waals surface area contributed by atoms with Crippen LogP contribution in [0.5, 0.6) is 17.2 Å². The average molecular weight is 556 g/mol. The Morgan fingerprint density at radius 2 is 1.78 bits per heavy atom. The van der Waals surface area contributed by atoms with Crippen LogP contribution < -0.4 is 19.5 Å². The lowest BCUT2D eigenvalue weighted by molar-refractivity contribution is -0.133. The molecule has 6 bridgehead atoms. The number of rotatable bonds is 2. The molecule has 3 aromatic carbocycles. The third-order valence-electron chi connectivity index (χ3n) is 7.76. The van der Waals surface area contributed by atoms with Crippen LogP contribution >= 0.6 is 0 Å². The molecule has 9 heteroatoms. The van der Waals surface area contributed by atoms with Gasteiger partial charge in [0.2, 0.25) is 5.91 Å². The van der Waals surface area contributed by atoms with Crippen molar-refractivity contribution >= 4 is 23.4 Å². The van der Waals surface area contributed by atoms with Gasteiger partial charge in [0.1, 0.15) is 23.9 Å². The van der Waals surface area contributed by atoms with Crippen LogP contribution in [0.3, 0.4) is 0 Å². The lowest BCUT2D eigenvalue weighted by atomic mass is 9.87. The molecule has 212 valence electrons. The third-order valence-corrected chi connectivity index (χ3v) is 7.76. The molecule has 9 nitrogen and oxygen atoms in total. The number of fused-ring (bicyclic) bond motifs is 9. The van der Waals surface area contributed by atoms with Crippen LogP contribution in [0.25, 0.3) is 0 Å². The van der Waals surface area contributed by atoms with Gasteiger partial charge in [-0.25, -0.2) is 0 Å². The zero-order chi connectivity index (χ0) is 28.3. The van der Waals surface area contributed by atoms with Crippen LogP contribution in [-0.4, -0.2) is 67.0 Å². The molecule has 1 N–H and O–H groups in total. The number of nitrogens with zero attached hydrogens (tertiary/aromatic N) is 2. The average Bonchev–Trinajstić information content (AvgIpc) is 3.00. The highest BCUT2D eigenvalue weighted by Gasteiger charge is 2.32. The van der Waals surface area contributed by atoms with Gasteiger partial charge in [0.05, 0.1) is 24.9 Å². The van der Waals surface area contributed by atoms with E-state index in [0.29, 0.717) is 62.7 Å². The SMILES string of the molecule is CCC(=O)N1CCc2cc3ccc2C1c1cccc(c1)OCCCN(C(=O)c1ccc2c(c1)OCC(=O)N2)CCO3. The molecule has 7 rings (SSSR count). The van der Waals surface area contributed by atoms with Gasteiger partial charge in [0.25, 0.3) is 11.8 Å². The molecular weight excluding hydrogens is 522 g/mol. The Labute approximate surface area is 239 Å². The molecule has 0 aromatic heterocycles. The van der Waals surface area contributed by atoms with E-state index >= 15 is 0 Å². The fourth-order valence-electron chi connectivity index (χ4n) is 5.72. The Morgan fingerprint density at radius 3 is 2.66 bits per heavy atom. The predicted molar refractivity (Wildman–Crippen MR) is 153 cm³/mol. The summed E-state index contributed by atoms with van der Waals surface area (Å²) in [6.07, 6.45) is 1.82. The summed E-state index contributed by atoms with van der Waals surface area (Å²) < 4.78 is 17.8. The number of carbonyl (C=O) groups is 3. The van der Waals surface area contributed by atoms with E-state index in [9.17, 15) is 14.4 Å². The van der Waals surface area contributed by atoms with Crippen molar-refractivity contribution in [3.05, 3.63) is 82.9 Å². The second-order valence-corrected chi connectivity index (χ2v) is 10.4. The zero-order valence-electron chi connectivity index (χ0n) is 23.1. The number of ether oxygens (including phenoxy) is 3. The molecule has 0 aliphatic carbocycles. The third kappa shape index (κ3) is 5.57. The first-order valence-corrected chi connectivity index (χ1v) is 14.1. The van der Waals surface area contributed by atoms with Crippen LogP contribution in [0.4, 0.5) is 5.69 Å². The summed E-state index contributed by atoms with van der Waals surface area (Å²) in [5.41, 5.74) is 4.29. The second-order valence-electron chi connectivity index (χ2n) is 10.4. The summed E-state index contributed by atoms with van der Waals surface area (Å²) in [6, 6.07) is 18.9. The number of amides is 3. The smallest absolute Gasteiger partial charge is 0.262 e. The van der Waals surface area contributed by atoms with Crippen molar-refractivity contribution < 1.29 is 28.6 Å². The summed E-state index contributed by atoms with van der Waals surface area (Å²) in [5.74, 6) is 1.72. The van der Waals surface area contributed by atoms with E-state index in [0.717, 1.165) is 34.6 Å². The van der Waals surface area contributed by atoms with Crippen molar-refractivity contribution in [3.8, 4) is 17.2 Å². The maximum Gasteiger partial charge on any atom is 0.262 e. The van der Waals surface area contributed by atoms with Crippen molar-refractivity contribution in [1.29, 1.82) is 0 Å². The van der Waals surface area contributed by atoms with Gasteiger partial charge in [-0.2, -0.15) is 0 Å². The van der Waals surface area contributed by atoms with Gasteiger partial charge in [-0.1, -0.05) is 25.1 Å². The Kier molecular flexibility index (Phi) is 7.50. The van der Waals surface area contributed by atoms with Crippen molar-refractivity contribution in [3.63, 3.8) is 0 Å². The summed E-state index contributed by atoms with van der Waals surface area (Å²) >= 11 is 0. The van der Waals surface area contributed by atoms with E-state index in [-0.39, 0.29) is 30.4 Å². The molecule has 1 unspecified atom stereocenters. The maximum absolute atomic E-state index is 13.6. The molecule has 4 heterocycles. The largest absolute Gasteiger partial charge is 0.494 e. The highest BCUT2D eigenvalue weighted by molar-refractivity contribution is 5.99. The van der Waals surface area contributed by atoms with Gasteiger partial charge in [-0.05, 0) is 72.0 Å². The first-order valence-electron chi connectivity index (χ1n) is 14.1. The van der Waals surface area contributed by atoms with Crippen molar-refractivity contribution in [2.24, 2.45) is 0 Å². The van der Waals surface area contributed by atoms with Crippen molar-refractivity contribution in [2.45, 2.75) is 32.2 Å². The number of hydrogen-bond acceptors (Lipinski definition) is 6. The van der Waals surface area contributed by atoms with Crippen LogP contribution in [-0.2, 0) is 16.0 Å². The Bertz CT molecular complexity index is 1490. The van der Waals surface area contributed by atoms with Crippen molar-refractivity contribution in [2.75, 3.05) is 44.8 Å². The molecular formula is C32H33N3O6. The molecule has 0 saturated carbocycles. The molecule has 41 heavy (non-hydrogen) atoms. The van der Waals surface area contributed by atoms with E-state index in [4.69, 9.17) is 14.2 Å². The van der Waals surface area contributed by atoms with Gasteiger partial charge in [0, 0.05) is 25.1 Å². The molecule has 0 saturated heterocycles. The monoisotopic (exact) mass is 555 g/mol. The summed E-state index contributed by atoms with van der Waals surface area (Å²) in [5, 5.41) is 2.76. The number of nitrogens with one attached hydrogen (secondary N) is 1. The first-order chi connectivity index (χ1) is 20.0. The van der Waals surface area contributed by atoms with Crippen LogP contribution in [0, 0.1) is 0 Å². The molecule has 3 aromatic rings. The summed E-state index contributed by atoms with van der Waals surface area (Å²) in [4.78, 5) is 41.8. The number of anilines is 1. The maximum atomic E-state index is 13.6. The van der Waals surface area contributed by atoms with Gasteiger partial charge < -0.3 is 29.3 Å². The minimum Gasteiger partial charge on any atom is -0.494 e. The van der Waals surface area contributed by atoms with E-state index < -0.39 is 0 Å². The normalized spacial score (nSPS) is 18.4. The molecule has 4 aliphatic heterocycles. The van der Waals surface area contributed by atoms with E-state index in [1.54, 1.807) is 23.1 Å². The topological polar surface area (TPSA) is 97.4 Å². The Balaban J connectivity index is 1.27. The molecule has 4 aliphatic rings. The molecule has 3 amide bonds. The van der Waals surface area contributed by atoms with Gasteiger partial charge in [0.15, 0.2) is 6.61 Å². The lowest BCUT2D eigenvalue weighted by Crippen LogP contribution is -2.40. The highest BCUT2D eigenvalue weighted by atomic mass is 16.5. The minimum absolute atomic E-state index is 0.0742. The Morgan fingerprint density at radius 1 is 0.927 bits per heavy atom. The first kappa shape index (κ1) is 26.7. The van der Waals surface area contributed by atoms with Gasteiger partial charge in [-0.15, -0.1) is 0 Å². The molecule has 1 atom stereocenters. The van der Waals surface area contributed by atoms with E-state index in [1.165, 1.54) is 0 Å². The molecule has 0 spiro atoms. The molecule has 0 fully saturated rings. The lowest BCUT2D eigenvalue weighted by Gasteiger charge is -2.38. The molecule has 0 radical (unpaired) electrons. The van der Waals surface area contributed by atoms with Gasteiger partial charge >= 0.3 is 0 Å². The zero-order valence-corrected chi connectivity index (χ0v) is 23.1. The quantitative estimate of drug-likeness (QED) is 0.509. The fourth-order valence-corrected chi connectivity index (χ4v) is 5.72. The van der Waals surface area contributed by atoms with E-state index in [2.05, 4.69) is 17.4 Å². The van der Waals surface area contributed by atoms with E-state index in [1.807, 2.05) is 42.2 Å². The van der Waals surface area contributed by atoms with Crippen molar-refractivity contribution in [1.82, 2.24) is 9.80 Å². The summed E-state index contributed by atoms with van der Waals surface area (Å²) in [6.45, 7) is 4.07. The summed E-state index contributed by atoms with van der Waals surface area (Å²) in [7, 11) is 0. The number of carbonyl (C=O) groups excluding carboxylic acids is 3. The minimum atomic E-state index is -0.218. The van der Waals surface area contributed by atoms with Crippen LogP contribution in [0.15, 0.2) is 60.7 Å². The fraction of sp³-hybridized carbons (Fsp3) is 0.344. The standard InChI is InChI=1S/C32H33N3O6/c1-2-30(37)35-13-11-21-17-25-8-9-26(21)31(35)22-5-3-6-24(18-22)39-15-4-12-34(14-16-40-25)32(38)23-7-10-27-28(19-23)41-20-29(36)33-27/h3,5-10,17-19,31H,2,4,11-16,20H2,1H3,(H,33,36). The number of hydrogen-bond donors (Lipinski definition) is 1. The second kappa shape index (κ2) is 11.5. The van der Waals surface area contributed by atoms with Crippen LogP contribution in [0.2, 0.25) is 0 Å². The van der Waals surface area contributed by atoms with Crippen LogP contribution in [0.1, 0.15) is 52.9 Å². The van der Waals surface area contributed by atoms with Gasteiger partial charge in [-0.3, -0.25) is 14.4 Å². The highest BCUT2D eigenvalue weighted by Crippen LogP contribution is 2.38. The Hall–Kier alpha value is -4.53.